The van der Waals surface area contributed by atoms with Crippen LogP contribution in [0.3, 0.4) is 0 Å². The number of rotatable bonds is 5. The van der Waals surface area contributed by atoms with Crippen molar-refractivity contribution in [3.05, 3.63) is 0 Å². The van der Waals surface area contributed by atoms with Crippen LogP contribution >= 0.6 is 0 Å². The highest BCUT2D eigenvalue weighted by Crippen LogP contribution is 2.08. The maximum atomic E-state index is 11.3. The van der Waals surface area contributed by atoms with E-state index in [0.717, 1.165) is 0 Å². The van der Waals surface area contributed by atoms with Gasteiger partial charge in [-0.1, -0.05) is 0 Å². The summed E-state index contributed by atoms with van der Waals surface area (Å²) in [5.74, 6) is 0. The van der Waals surface area contributed by atoms with Crippen LogP contribution in [0.4, 0.5) is 4.79 Å². The van der Waals surface area contributed by atoms with Gasteiger partial charge in [0.15, 0.2) is 0 Å². The molecule has 0 aliphatic carbocycles. The normalized spacial score (nSPS) is 15.4. The van der Waals surface area contributed by atoms with Crippen LogP contribution < -0.4 is 11.1 Å². The molecule has 1 amide bonds. The molecule has 0 spiro atoms. The molecule has 96 valence electrons. The molecule has 16 heavy (non-hydrogen) atoms. The van der Waals surface area contributed by atoms with Crippen molar-refractivity contribution in [1.82, 2.24) is 5.32 Å². The first kappa shape index (κ1) is 15.2. The van der Waals surface area contributed by atoms with Crippen molar-refractivity contribution < 1.29 is 14.3 Å². The molecule has 5 heteroatoms. The molecule has 0 saturated heterocycles. The van der Waals surface area contributed by atoms with Crippen LogP contribution in [0.1, 0.15) is 41.0 Å². The smallest absolute Gasteiger partial charge is 0.407 e. The number of hydrogen-bond donors (Lipinski definition) is 2. The Hall–Kier alpha value is -0.810. The van der Waals surface area contributed by atoms with E-state index in [9.17, 15) is 4.79 Å². The van der Waals surface area contributed by atoms with E-state index in [1.165, 1.54) is 0 Å². The lowest BCUT2D eigenvalue weighted by atomic mass is 10.2. The monoisotopic (exact) mass is 232 g/mol. The highest BCUT2D eigenvalue weighted by molar-refractivity contribution is 5.67. The molecule has 3 N–H and O–H groups in total. The first-order valence-electron chi connectivity index (χ1n) is 5.56. The summed E-state index contributed by atoms with van der Waals surface area (Å²) in [5, 5.41) is 2.63. The predicted molar refractivity (Wildman–Crippen MR) is 63.1 cm³/mol. The molecule has 5 nitrogen and oxygen atoms in total. The fourth-order valence-electron chi connectivity index (χ4n) is 1.13. The summed E-state index contributed by atoms with van der Waals surface area (Å²) in [7, 11) is 0. The van der Waals surface area contributed by atoms with E-state index in [1.807, 2.05) is 27.7 Å². The second kappa shape index (κ2) is 6.06. The third-order valence-electron chi connectivity index (χ3n) is 1.76. The van der Waals surface area contributed by atoms with E-state index in [2.05, 4.69) is 5.32 Å². The summed E-state index contributed by atoms with van der Waals surface area (Å²) in [6, 6.07) is 0. The Kier molecular flexibility index (Phi) is 5.75. The van der Waals surface area contributed by atoms with Crippen LogP contribution in [0.2, 0.25) is 0 Å². The minimum atomic E-state index is -0.705. The molecule has 0 bridgehead atoms. The molecule has 0 aromatic rings. The summed E-state index contributed by atoms with van der Waals surface area (Å²) in [6.45, 7) is 10.1. The zero-order valence-electron chi connectivity index (χ0n) is 10.9. The molecule has 0 aliphatic heterocycles. The summed E-state index contributed by atoms with van der Waals surface area (Å²) < 4.78 is 10.4. The van der Waals surface area contributed by atoms with E-state index in [4.69, 9.17) is 15.2 Å². The van der Waals surface area contributed by atoms with Gasteiger partial charge >= 0.3 is 6.09 Å². The van der Waals surface area contributed by atoms with Crippen molar-refractivity contribution in [2.24, 2.45) is 5.73 Å². The second-order valence-electron chi connectivity index (χ2n) is 4.92. The van der Waals surface area contributed by atoms with Gasteiger partial charge in [-0.15, -0.1) is 0 Å². The standard InChI is InChI=1S/C11H24N2O3/c1-6-15-11(5,12)7-8-13-9(14)16-10(2,3)4/h6-8,12H2,1-5H3,(H,13,14). The number of amides is 1. The molecule has 1 atom stereocenters. The lowest BCUT2D eigenvalue weighted by molar-refractivity contribution is -0.0259. The van der Waals surface area contributed by atoms with Crippen LogP contribution in [0.5, 0.6) is 0 Å². The van der Waals surface area contributed by atoms with Crippen LogP contribution in [-0.4, -0.2) is 30.6 Å². The molecule has 0 aliphatic rings. The average Bonchev–Trinajstić information content (AvgIpc) is 1.99. The Labute approximate surface area is 97.7 Å². The highest BCUT2D eigenvalue weighted by Gasteiger charge is 2.19. The Morgan fingerprint density at radius 3 is 2.31 bits per heavy atom. The van der Waals surface area contributed by atoms with Crippen LogP contribution in [0.25, 0.3) is 0 Å². The number of nitrogens with two attached hydrogens (primary N) is 1. The van der Waals surface area contributed by atoms with E-state index in [-0.39, 0.29) is 0 Å². The summed E-state index contributed by atoms with van der Waals surface area (Å²) in [6.07, 6.45) is 0.111. The molecule has 0 radical (unpaired) electrons. The number of alkyl carbamates (subject to hydrolysis) is 1. The Morgan fingerprint density at radius 1 is 1.31 bits per heavy atom. The van der Waals surface area contributed by atoms with Crippen molar-refractivity contribution in [2.45, 2.75) is 52.4 Å². The van der Waals surface area contributed by atoms with Crippen molar-refractivity contribution in [3.63, 3.8) is 0 Å². The first-order chi connectivity index (χ1) is 7.16. The van der Waals surface area contributed by atoms with Gasteiger partial charge in [-0.3, -0.25) is 0 Å². The second-order valence-corrected chi connectivity index (χ2v) is 4.92. The number of ether oxygens (including phenoxy) is 2. The summed E-state index contributed by atoms with van der Waals surface area (Å²) in [4.78, 5) is 11.3. The summed E-state index contributed by atoms with van der Waals surface area (Å²) >= 11 is 0. The molecular formula is C11H24N2O3. The summed E-state index contributed by atoms with van der Waals surface area (Å²) in [5.41, 5.74) is 4.65. The minimum Gasteiger partial charge on any atom is -0.444 e. The number of carbonyl (C=O) groups excluding carboxylic acids is 1. The maximum absolute atomic E-state index is 11.3. The molecule has 1 unspecified atom stereocenters. The van der Waals surface area contributed by atoms with Gasteiger partial charge in [0.05, 0.1) is 0 Å². The van der Waals surface area contributed by atoms with Gasteiger partial charge in [-0.25, -0.2) is 4.79 Å². The van der Waals surface area contributed by atoms with Gasteiger partial charge in [0.25, 0.3) is 0 Å². The quantitative estimate of drug-likeness (QED) is 0.706. The zero-order chi connectivity index (χ0) is 12.8. The van der Waals surface area contributed by atoms with E-state index in [0.29, 0.717) is 19.6 Å². The number of carbonyl (C=O) groups is 1. The van der Waals surface area contributed by atoms with E-state index in [1.54, 1.807) is 6.92 Å². The molecule has 0 saturated carbocycles. The highest BCUT2D eigenvalue weighted by atomic mass is 16.6. The first-order valence-corrected chi connectivity index (χ1v) is 5.56. The van der Waals surface area contributed by atoms with Crippen molar-refractivity contribution in [1.29, 1.82) is 0 Å². The molecule has 0 aromatic heterocycles. The topological polar surface area (TPSA) is 73.6 Å². The number of nitrogens with one attached hydrogen (secondary N) is 1. The largest absolute Gasteiger partial charge is 0.444 e. The number of hydrogen-bond acceptors (Lipinski definition) is 4. The maximum Gasteiger partial charge on any atom is 0.407 e. The van der Waals surface area contributed by atoms with Crippen molar-refractivity contribution >= 4 is 6.09 Å². The molecule has 0 rings (SSSR count). The molecule has 0 aromatic carbocycles. The Bertz CT molecular complexity index is 222. The van der Waals surface area contributed by atoms with E-state index < -0.39 is 17.4 Å². The molecule has 0 fully saturated rings. The van der Waals surface area contributed by atoms with Gasteiger partial charge in [-0.2, -0.15) is 0 Å². The predicted octanol–water partition coefficient (Wildman–Crippen LogP) is 1.61. The van der Waals surface area contributed by atoms with Crippen molar-refractivity contribution in [2.75, 3.05) is 13.2 Å². The lowest BCUT2D eigenvalue weighted by Gasteiger charge is -2.25. The SMILES string of the molecule is CCOC(C)(N)CCNC(=O)OC(C)(C)C. The van der Waals surface area contributed by atoms with Crippen LogP contribution in [0, 0.1) is 0 Å². The molecular weight excluding hydrogens is 208 g/mol. The van der Waals surface area contributed by atoms with Gasteiger partial charge in [-0.05, 0) is 34.6 Å². The van der Waals surface area contributed by atoms with Crippen LogP contribution in [-0.2, 0) is 9.47 Å². The van der Waals surface area contributed by atoms with Gasteiger partial charge in [0.2, 0.25) is 0 Å². The average molecular weight is 232 g/mol. The van der Waals surface area contributed by atoms with Crippen molar-refractivity contribution in [3.8, 4) is 0 Å². The fourth-order valence-corrected chi connectivity index (χ4v) is 1.13. The van der Waals surface area contributed by atoms with Gasteiger partial charge < -0.3 is 20.5 Å². The van der Waals surface area contributed by atoms with Gasteiger partial charge in [0, 0.05) is 19.6 Å². The van der Waals surface area contributed by atoms with E-state index >= 15 is 0 Å². The lowest BCUT2D eigenvalue weighted by Crippen LogP contribution is -2.43. The Balaban J connectivity index is 3.78. The third kappa shape index (κ3) is 8.49. The van der Waals surface area contributed by atoms with Crippen LogP contribution in [0.15, 0.2) is 0 Å². The zero-order valence-corrected chi connectivity index (χ0v) is 10.9. The third-order valence-corrected chi connectivity index (χ3v) is 1.76. The minimum absolute atomic E-state index is 0.431. The molecule has 0 heterocycles. The Morgan fingerprint density at radius 2 is 1.88 bits per heavy atom. The fraction of sp³-hybridized carbons (Fsp3) is 0.909. The van der Waals surface area contributed by atoms with Gasteiger partial charge in [0.1, 0.15) is 11.3 Å².